The van der Waals surface area contributed by atoms with Crippen molar-refractivity contribution in [1.29, 1.82) is 0 Å². The molecule has 0 radical (unpaired) electrons. The van der Waals surface area contributed by atoms with Crippen molar-refractivity contribution in [1.82, 2.24) is 5.32 Å². The molecule has 108 valence electrons. The molecule has 3 rings (SSSR count). The second kappa shape index (κ2) is 5.88. The first-order valence-corrected chi connectivity index (χ1v) is 7.42. The maximum absolute atomic E-state index is 5.34. The van der Waals surface area contributed by atoms with Crippen LogP contribution in [0.15, 0.2) is 30.4 Å². The zero-order valence-electron chi connectivity index (χ0n) is 12.3. The highest BCUT2D eigenvalue weighted by Gasteiger charge is 2.40. The molecule has 0 heterocycles. The Bertz CT molecular complexity index is 498. The Morgan fingerprint density at radius 2 is 2.05 bits per heavy atom. The van der Waals surface area contributed by atoms with Crippen molar-refractivity contribution in [3.8, 4) is 11.5 Å². The molecule has 0 saturated heterocycles. The Morgan fingerprint density at radius 3 is 2.80 bits per heavy atom. The quantitative estimate of drug-likeness (QED) is 0.809. The smallest absolute Gasteiger partial charge is 0.160 e. The minimum atomic E-state index is 0.693. The van der Waals surface area contributed by atoms with Crippen LogP contribution < -0.4 is 14.8 Å². The predicted octanol–water partition coefficient (Wildman–Crippen LogP) is 2.80. The molecule has 1 N–H and O–H groups in total. The molecule has 1 fully saturated rings. The fourth-order valence-electron chi connectivity index (χ4n) is 3.39. The van der Waals surface area contributed by atoms with Gasteiger partial charge in [0.25, 0.3) is 0 Å². The van der Waals surface area contributed by atoms with Gasteiger partial charge < -0.3 is 14.8 Å². The van der Waals surface area contributed by atoms with Gasteiger partial charge in [-0.05, 0) is 55.3 Å². The van der Waals surface area contributed by atoms with Crippen molar-refractivity contribution >= 4 is 0 Å². The first-order chi connectivity index (χ1) is 9.81. The van der Waals surface area contributed by atoms with Crippen LogP contribution in [-0.2, 0) is 6.42 Å². The number of benzene rings is 1. The molecule has 0 amide bonds. The summed E-state index contributed by atoms with van der Waals surface area (Å²) in [6.07, 6.45) is 8.38. The summed E-state index contributed by atoms with van der Waals surface area (Å²) in [5.74, 6) is 3.32. The van der Waals surface area contributed by atoms with E-state index in [0.29, 0.717) is 6.04 Å². The lowest BCUT2D eigenvalue weighted by molar-refractivity contribution is 0.164. The summed E-state index contributed by atoms with van der Waals surface area (Å²) in [6, 6.07) is 6.86. The highest BCUT2D eigenvalue weighted by molar-refractivity contribution is 5.42. The van der Waals surface area contributed by atoms with E-state index >= 15 is 0 Å². The molecule has 0 spiro atoms. The van der Waals surface area contributed by atoms with E-state index in [1.807, 2.05) is 6.07 Å². The number of nitrogens with one attached hydrogen (secondary N) is 1. The molecular weight excluding hydrogens is 250 g/mol. The molecule has 2 aliphatic rings. The van der Waals surface area contributed by atoms with Gasteiger partial charge in [-0.3, -0.25) is 0 Å². The van der Waals surface area contributed by atoms with Crippen LogP contribution in [0.3, 0.4) is 0 Å². The third-order valence-corrected chi connectivity index (χ3v) is 4.63. The molecule has 0 aromatic heterocycles. The molecular formula is C17H23NO2. The zero-order valence-corrected chi connectivity index (χ0v) is 12.3. The first-order valence-electron chi connectivity index (χ1n) is 7.42. The topological polar surface area (TPSA) is 30.5 Å². The van der Waals surface area contributed by atoms with Gasteiger partial charge in [0.15, 0.2) is 11.5 Å². The van der Waals surface area contributed by atoms with Crippen LogP contribution in [0.4, 0.5) is 0 Å². The average molecular weight is 273 g/mol. The van der Waals surface area contributed by atoms with Crippen LogP contribution in [0.5, 0.6) is 11.5 Å². The summed E-state index contributed by atoms with van der Waals surface area (Å²) in [5, 5.41) is 3.68. The number of fused-ring (bicyclic) bond motifs is 1. The maximum atomic E-state index is 5.34. The van der Waals surface area contributed by atoms with E-state index < -0.39 is 0 Å². The summed E-state index contributed by atoms with van der Waals surface area (Å²) in [5.41, 5.74) is 1.29. The Kier molecular flexibility index (Phi) is 3.97. The Hall–Kier alpha value is -1.48. The molecule has 3 unspecified atom stereocenters. The molecule has 1 aromatic rings. The Morgan fingerprint density at radius 1 is 1.20 bits per heavy atom. The lowest BCUT2D eigenvalue weighted by Crippen LogP contribution is -2.48. The van der Waals surface area contributed by atoms with E-state index in [0.717, 1.165) is 36.3 Å². The van der Waals surface area contributed by atoms with Gasteiger partial charge in [-0.1, -0.05) is 18.2 Å². The normalized spacial score (nSPS) is 27.0. The molecule has 3 atom stereocenters. The van der Waals surface area contributed by atoms with E-state index in [2.05, 4.69) is 29.6 Å². The molecule has 20 heavy (non-hydrogen) atoms. The SMILES string of the molecule is COc1ccc(CCNC2CC3CC=CC32)cc1OC. The zero-order chi connectivity index (χ0) is 13.9. The Labute approximate surface area is 121 Å². The van der Waals surface area contributed by atoms with Gasteiger partial charge in [0.05, 0.1) is 14.2 Å². The number of hydrogen-bond donors (Lipinski definition) is 1. The van der Waals surface area contributed by atoms with Crippen LogP contribution in [0.1, 0.15) is 18.4 Å². The maximum Gasteiger partial charge on any atom is 0.160 e. The van der Waals surface area contributed by atoms with E-state index in [1.165, 1.54) is 18.4 Å². The van der Waals surface area contributed by atoms with E-state index in [1.54, 1.807) is 14.2 Å². The summed E-state index contributed by atoms with van der Waals surface area (Å²) in [7, 11) is 3.35. The number of ether oxygens (including phenoxy) is 2. The second-order valence-corrected chi connectivity index (χ2v) is 5.74. The lowest BCUT2D eigenvalue weighted by Gasteiger charge is -2.40. The molecule has 2 aliphatic carbocycles. The van der Waals surface area contributed by atoms with Crippen molar-refractivity contribution in [3.63, 3.8) is 0 Å². The third kappa shape index (κ3) is 2.55. The van der Waals surface area contributed by atoms with Gasteiger partial charge in [-0.25, -0.2) is 0 Å². The van der Waals surface area contributed by atoms with Crippen molar-refractivity contribution < 1.29 is 9.47 Å². The van der Waals surface area contributed by atoms with Gasteiger partial charge in [-0.2, -0.15) is 0 Å². The van der Waals surface area contributed by atoms with Crippen LogP contribution >= 0.6 is 0 Å². The van der Waals surface area contributed by atoms with Crippen LogP contribution in [0.2, 0.25) is 0 Å². The number of allylic oxidation sites excluding steroid dienone is 1. The fraction of sp³-hybridized carbons (Fsp3) is 0.529. The lowest BCUT2D eigenvalue weighted by atomic mass is 9.71. The molecule has 1 saturated carbocycles. The van der Waals surface area contributed by atoms with Crippen LogP contribution in [0, 0.1) is 11.8 Å². The predicted molar refractivity (Wildman–Crippen MR) is 80.4 cm³/mol. The third-order valence-electron chi connectivity index (χ3n) is 4.63. The number of hydrogen-bond acceptors (Lipinski definition) is 3. The molecule has 3 heteroatoms. The summed E-state index contributed by atoms with van der Waals surface area (Å²) < 4.78 is 10.6. The monoisotopic (exact) mass is 273 g/mol. The molecule has 1 aromatic carbocycles. The van der Waals surface area contributed by atoms with Gasteiger partial charge in [-0.15, -0.1) is 0 Å². The summed E-state index contributed by atoms with van der Waals surface area (Å²) in [6.45, 7) is 1.03. The standard InChI is InChI=1S/C17H23NO2/c1-19-16-7-6-12(10-17(16)20-2)8-9-18-15-11-13-4-3-5-14(13)15/h3,5-7,10,13-15,18H,4,8-9,11H2,1-2H3. The largest absolute Gasteiger partial charge is 0.493 e. The van der Waals surface area contributed by atoms with Crippen molar-refractivity contribution in [2.45, 2.75) is 25.3 Å². The first kappa shape index (κ1) is 13.5. The highest BCUT2D eigenvalue weighted by Crippen LogP contribution is 2.42. The van der Waals surface area contributed by atoms with Crippen molar-refractivity contribution in [2.24, 2.45) is 11.8 Å². The van der Waals surface area contributed by atoms with E-state index in [-0.39, 0.29) is 0 Å². The van der Waals surface area contributed by atoms with Gasteiger partial charge in [0, 0.05) is 6.04 Å². The summed E-state index contributed by atoms with van der Waals surface area (Å²) >= 11 is 0. The molecule has 0 aliphatic heterocycles. The molecule has 3 nitrogen and oxygen atoms in total. The van der Waals surface area contributed by atoms with Gasteiger partial charge >= 0.3 is 0 Å². The minimum absolute atomic E-state index is 0.693. The van der Waals surface area contributed by atoms with Crippen LogP contribution in [-0.4, -0.2) is 26.8 Å². The summed E-state index contributed by atoms with van der Waals surface area (Å²) in [4.78, 5) is 0. The fourth-order valence-corrected chi connectivity index (χ4v) is 3.39. The number of rotatable bonds is 6. The number of methoxy groups -OCH3 is 2. The van der Waals surface area contributed by atoms with E-state index in [4.69, 9.17) is 9.47 Å². The van der Waals surface area contributed by atoms with Crippen molar-refractivity contribution in [2.75, 3.05) is 20.8 Å². The van der Waals surface area contributed by atoms with Gasteiger partial charge in [0.2, 0.25) is 0 Å². The Balaban J connectivity index is 1.50. The van der Waals surface area contributed by atoms with E-state index in [9.17, 15) is 0 Å². The van der Waals surface area contributed by atoms with Crippen molar-refractivity contribution in [3.05, 3.63) is 35.9 Å². The average Bonchev–Trinajstić information content (AvgIpc) is 2.84. The van der Waals surface area contributed by atoms with Crippen LogP contribution in [0.25, 0.3) is 0 Å². The second-order valence-electron chi connectivity index (χ2n) is 5.74. The van der Waals surface area contributed by atoms with Gasteiger partial charge in [0.1, 0.15) is 0 Å². The molecule has 0 bridgehead atoms. The highest BCUT2D eigenvalue weighted by atomic mass is 16.5. The minimum Gasteiger partial charge on any atom is -0.493 e.